The molecule has 0 bridgehead atoms. The third-order valence-electron chi connectivity index (χ3n) is 12.7. The average Bonchev–Trinajstić information content (AvgIpc) is 4.04. The molecule has 1 N–H and O–H groups in total. The Morgan fingerprint density at radius 3 is 2.50 bits per heavy atom. The topological polar surface area (TPSA) is 168 Å². The molecule has 3 fully saturated rings. The second kappa shape index (κ2) is 16.9. The molecule has 2 aliphatic carbocycles. The molecule has 0 spiro atoms. The molecule has 0 unspecified atom stereocenters. The summed E-state index contributed by atoms with van der Waals surface area (Å²) in [5, 5.41) is 0.857. The first-order valence-corrected chi connectivity index (χ1v) is 22.2. The van der Waals surface area contributed by atoms with Crippen LogP contribution in [-0.2, 0) is 38.7 Å². The van der Waals surface area contributed by atoms with E-state index in [1.165, 1.54) is 23.2 Å². The van der Waals surface area contributed by atoms with Crippen molar-refractivity contribution in [1.82, 2.24) is 14.6 Å². The monoisotopic (exact) mass is 863 g/mol. The lowest BCUT2D eigenvalue weighted by atomic mass is 9.90. The zero-order valence-corrected chi connectivity index (χ0v) is 36.0. The number of ketones is 1. The van der Waals surface area contributed by atoms with Crippen molar-refractivity contribution in [3.63, 3.8) is 0 Å². The summed E-state index contributed by atoms with van der Waals surface area (Å²) >= 11 is 0. The van der Waals surface area contributed by atoms with E-state index >= 15 is 4.39 Å². The Morgan fingerprint density at radius 2 is 1.85 bits per heavy atom. The normalized spacial score (nSPS) is 29.1. The van der Waals surface area contributed by atoms with Crippen LogP contribution in [0.1, 0.15) is 106 Å². The molecule has 4 aliphatic rings. The van der Waals surface area contributed by atoms with Crippen molar-refractivity contribution in [3.8, 4) is 11.6 Å². The van der Waals surface area contributed by atoms with Crippen LogP contribution < -0.4 is 14.2 Å². The number of carbonyl (C=O) groups excluding carboxylic acids is 4. The zero-order valence-electron chi connectivity index (χ0n) is 35.2. The van der Waals surface area contributed by atoms with Crippen LogP contribution in [0, 0.1) is 23.1 Å². The molecule has 2 saturated carbocycles. The van der Waals surface area contributed by atoms with Crippen LogP contribution >= 0.6 is 0 Å². The number of sulfonamides is 1. The van der Waals surface area contributed by atoms with Crippen LogP contribution in [0.3, 0.4) is 0 Å². The first-order valence-electron chi connectivity index (χ1n) is 20.7. The number of halogens is 3. The number of Topliss-reactive ketones (excluding diaryl/α,β-unsaturated/α-hetero) is 1. The predicted molar refractivity (Wildman–Crippen MR) is 214 cm³/mol. The summed E-state index contributed by atoms with van der Waals surface area (Å²) in [6.07, 6.45) is 3.89. The molecule has 3 heterocycles. The fraction of sp³-hybridized carbons (Fsp3) is 0.651. The summed E-state index contributed by atoms with van der Waals surface area (Å²) in [4.78, 5) is 62.8. The van der Waals surface area contributed by atoms with Gasteiger partial charge in [0.05, 0.1) is 53.9 Å². The lowest BCUT2D eigenvalue weighted by molar-refractivity contribution is -0.198. The number of rotatable bonds is 12. The van der Waals surface area contributed by atoms with E-state index in [2.05, 4.69) is 9.71 Å². The number of hydrogen-bond donors (Lipinski definition) is 1. The van der Waals surface area contributed by atoms with Crippen molar-refractivity contribution >= 4 is 44.4 Å². The summed E-state index contributed by atoms with van der Waals surface area (Å²) in [5.74, 6) is -8.88. The number of fused-ring (bicyclic) bond motifs is 3. The molecule has 330 valence electrons. The van der Waals surface area contributed by atoms with Gasteiger partial charge in [0.15, 0.2) is 23.0 Å². The van der Waals surface area contributed by atoms with Crippen molar-refractivity contribution in [2.75, 3.05) is 13.2 Å². The fourth-order valence-corrected chi connectivity index (χ4v) is 9.40. The maximum atomic E-state index is 15.1. The highest BCUT2D eigenvalue weighted by atomic mass is 32.2. The Bertz CT molecular complexity index is 2140. The van der Waals surface area contributed by atoms with Crippen LogP contribution in [0.4, 0.5) is 13.2 Å². The molecule has 1 aromatic carbocycles. The number of alkyl halides is 2. The second-order valence-electron chi connectivity index (χ2n) is 17.6. The number of pyridine rings is 1. The van der Waals surface area contributed by atoms with Crippen molar-refractivity contribution in [1.29, 1.82) is 0 Å². The van der Waals surface area contributed by atoms with E-state index in [1.54, 1.807) is 33.8 Å². The average molecular weight is 864 g/mol. The third kappa shape index (κ3) is 9.31. The Morgan fingerprint density at radius 1 is 1.13 bits per heavy atom. The lowest BCUT2D eigenvalue weighted by Gasteiger charge is -2.35. The number of esters is 1. The molecule has 1 aromatic heterocycles. The standard InChI is InChI=1S/C43H56F3N3O10S/c1-8-34-30(21-36(51)59-40(4,5)42(7,45)46)38(52)49-24-28(58-37-29-20-31(44)35(56-9-2)18-26(29)14-17-47-37)19-32(49)33(50)23-43(22-27(43)13-11-10-12-25(3)57-34)39(53)48-60(54,55)41(6)15-16-41/h11,13-14,17-18,20,25,27-28,30,32,34H,8-10,12,15-16,19,21-24H2,1-7H3,(H,48,53)/b13-11-/t25-,27-,28-,30+,32+,34+,43-/m1/s1. The summed E-state index contributed by atoms with van der Waals surface area (Å²) in [5.41, 5.74) is -3.63. The highest BCUT2D eigenvalue weighted by molar-refractivity contribution is 7.91. The number of nitrogens with zero attached hydrogens (tertiary/aromatic N) is 2. The van der Waals surface area contributed by atoms with Crippen molar-refractivity contribution < 1.29 is 59.7 Å². The maximum absolute atomic E-state index is 15.1. The number of carbonyl (C=O) groups is 4. The molecule has 2 aromatic rings. The fourth-order valence-electron chi connectivity index (χ4n) is 8.07. The van der Waals surface area contributed by atoms with Gasteiger partial charge in [-0.3, -0.25) is 23.9 Å². The van der Waals surface area contributed by atoms with E-state index in [1.807, 2.05) is 12.2 Å². The highest BCUT2D eigenvalue weighted by Crippen LogP contribution is 2.57. The minimum absolute atomic E-state index is 0.0237. The van der Waals surface area contributed by atoms with Gasteiger partial charge in [-0.2, -0.15) is 0 Å². The molecular weight excluding hydrogens is 808 g/mol. The van der Waals surface area contributed by atoms with E-state index < -0.39 is 110 Å². The van der Waals surface area contributed by atoms with Crippen LogP contribution in [0.15, 0.2) is 36.5 Å². The second-order valence-corrected chi connectivity index (χ2v) is 19.8. The van der Waals surface area contributed by atoms with E-state index in [4.69, 9.17) is 18.9 Å². The number of benzene rings is 1. The Hall–Kier alpha value is -4.25. The third-order valence-corrected chi connectivity index (χ3v) is 14.8. The number of ether oxygens (including phenoxy) is 4. The molecule has 0 radical (unpaired) electrons. The first kappa shape index (κ1) is 45.3. The minimum Gasteiger partial charge on any atom is -0.491 e. The Kier molecular flexibility index (Phi) is 12.8. The SMILES string of the molecule is CCOc1cc2ccnc(O[C@@H]3C[C@H]4C(=O)C[C@]5(C(=O)NS(=O)(=O)C6(C)CC6)C[C@H]5/C=C\CC[C@@H](C)O[C@@H](CC)[C@H](CC(=O)OC(C)(C)C(C)(F)F)C(=O)N4C3)c2cc1F. The highest BCUT2D eigenvalue weighted by Gasteiger charge is 2.63. The van der Waals surface area contributed by atoms with Gasteiger partial charge in [0.25, 0.3) is 5.92 Å². The minimum atomic E-state index is -4.05. The van der Waals surface area contributed by atoms with Crippen molar-refractivity contribution in [2.45, 2.75) is 147 Å². The maximum Gasteiger partial charge on any atom is 0.307 e. The molecular formula is C43H56F3N3O10S. The number of nitrogens with one attached hydrogen (secondary N) is 1. The van der Waals surface area contributed by atoms with Gasteiger partial charge in [0.1, 0.15) is 6.10 Å². The van der Waals surface area contributed by atoms with Crippen molar-refractivity contribution in [2.24, 2.45) is 17.3 Å². The van der Waals surface area contributed by atoms with E-state index in [0.29, 0.717) is 43.4 Å². The number of aromatic nitrogens is 1. The number of hydrogen-bond acceptors (Lipinski definition) is 11. The summed E-state index contributed by atoms with van der Waals surface area (Å²) < 4.78 is 95.2. The largest absolute Gasteiger partial charge is 0.491 e. The van der Waals surface area contributed by atoms with Gasteiger partial charge in [0, 0.05) is 31.3 Å². The first-order chi connectivity index (χ1) is 28.0. The van der Waals surface area contributed by atoms with Gasteiger partial charge < -0.3 is 23.8 Å². The van der Waals surface area contributed by atoms with E-state index in [0.717, 1.165) is 13.8 Å². The predicted octanol–water partition coefficient (Wildman–Crippen LogP) is 6.60. The molecule has 13 nitrogen and oxygen atoms in total. The molecule has 17 heteroatoms. The van der Waals surface area contributed by atoms with Gasteiger partial charge in [0.2, 0.25) is 27.7 Å². The summed E-state index contributed by atoms with van der Waals surface area (Å²) in [7, 11) is -4.05. The van der Waals surface area contributed by atoms with Gasteiger partial charge in [-0.15, -0.1) is 0 Å². The quantitative estimate of drug-likeness (QED) is 0.180. The Labute approximate surface area is 349 Å². The summed E-state index contributed by atoms with van der Waals surface area (Å²) in [6, 6.07) is 3.14. The van der Waals surface area contributed by atoms with E-state index in [9.17, 15) is 36.4 Å². The molecule has 1 saturated heterocycles. The van der Waals surface area contributed by atoms with Gasteiger partial charge in [-0.1, -0.05) is 19.1 Å². The van der Waals surface area contributed by atoms with Crippen LogP contribution in [0.5, 0.6) is 11.6 Å². The molecule has 6 rings (SSSR count). The number of allylic oxidation sites excluding steroid dienone is 2. The molecule has 60 heavy (non-hydrogen) atoms. The van der Waals surface area contributed by atoms with Crippen LogP contribution in [0.25, 0.3) is 10.8 Å². The van der Waals surface area contributed by atoms with Crippen LogP contribution in [-0.4, -0.2) is 95.6 Å². The summed E-state index contributed by atoms with van der Waals surface area (Å²) in [6.45, 7) is 9.63. The number of amides is 2. The van der Waals surface area contributed by atoms with Gasteiger partial charge in [-0.05, 0) is 103 Å². The van der Waals surface area contributed by atoms with Crippen molar-refractivity contribution in [3.05, 3.63) is 42.4 Å². The molecule has 7 atom stereocenters. The smallest absolute Gasteiger partial charge is 0.307 e. The lowest BCUT2D eigenvalue weighted by Crippen LogP contribution is -2.50. The van der Waals surface area contributed by atoms with E-state index in [-0.39, 0.29) is 44.0 Å². The van der Waals surface area contributed by atoms with Gasteiger partial charge in [-0.25, -0.2) is 26.6 Å². The molecule has 2 aliphatic heterocycles. The zero-order chi connectivity index (χ0) is 44.0. The van der Waals surface area contributed by atoms with Crippen LogP contribution in [0.2, 0.25) is 0 Å². The van der Waals surface area contributed by atoms with Gasteiger partial charge >= 0.3 is 5.97 Å². The molecule has 2 amide bonds. The Balaban J connectivity index is 1.37.